The highest BCUT2D eigenvalue weighted by Gasteiger charge is 2.39. The van der Waals surface area contributed by atoms with E-state index < -0.39 is 0 Å². The van der Waals surface area contributed by atoms with E-state index >= 15 is 0 Å². The van der Waals surface area contributed by atoms with Crippen LogP contribution in [0.2, 0.25) is 0 Å². The molecule has 0 bridgehead atoms. The maximum absolute atomic E-state index is 9.53. The Hall–Kier alpha value is -2.35. The number of likely N-dealkylation sites (N-methyl/N-ethyl adjacent to an activating group) is 1. The number of aliphatic hydroxyl groups is 1. The number of ether oxygens (including phenoxy) is 5. The van der Waals surface area contributed by atoms with Gasteiger partial charge in [-0.3, -0.25) is 0 Å². The third-order valence-corrected chi connectivity index (χ3v) is 6.63. The van der Waals surface area contributed by atoms with E-state index in [0.29, 0.717) is 17.2 Å². The van der Waals surface area contributed by atoms with Gasteiger partial charge < -0.3 is 45.7 Å². The molecule has 2 aromatic rings. The molecule has 33 heavy (non-hydrogen) atoms. The van der Waals surface area contributed by atoms with E-state index in [4.69, 9.17) is 23.7 Å². The second kappa shape index (κ2) is 11.7. The van der Waals surface area contributed by atoms with Gasteiger partial charge in [-0.15, -0.1) is 0 Å². The predicted octanol–water partition coefficient (Wildman–Crippen LogP) is 0.403. The van der Waals surface area contributed by atoms with Crippen LogP contribution in [0.1, 0.15) is 29.2 Å². The first-order valence-corrected chi connectivity index (χ1v) is 10.9. The molecule has 1 heterocycles. The molecule has 0 aliphatic carbocycles. The fourth-order valence-electron chi connectivity index (χ4n) is 4.84. The zero-order valence-corrected chi connectivity index (χ0v) is 21.2. The highest BCUT2D eigenvalue weighted by molar-refractivity contribution is 5.54. The molecule has 1 aliphatic heterocycles. The molecule has 2 atom stereocenters. The van der Waals surface area contributed by atoms with Gasteiger partial charge in [-0.25, -0.2) is 0 Å². The van der Waals surface area contributed by atoms with E-state index in [1.807, 2.05) is 12.1 Å². The van der Waals surface area contributed by atoms with E-state index in [9.17, 15) is 5.11 Å². The van der Waals surface area contributed by atoms with Crippen molar-refractivity contribution in [1.29, 1.82) is 0 Å². The van der Waals surface area contributed by atoms with Crippen molar-refractivity contribution in [3.05, 3.63) is 41.0 Å². The van der Waals surface area contributed by atoms with Crippen LogP contribution in [0, 0.1) is 0 Å². The van der Waals surface area contributed by atoms with Crippen LogP contribution in [0.4, 0.5) is 0 Å². The van der Waals surface area contributed by atoms with Crippen molar-refractivity contribution in [3.8, 4) is 28.7 Å². The lowest BCUT2D eigenvalue weighted by Crippen LogP contribution is -3.00. The number of rotatable bonds is 10. The van der Waals surface area contributed by atoms with Gasteiger partial charge in [0.15, 0.2) is 23.0 Å². The van der Waals surface area contributed by atoms with Crippen molar-refractivity contribution in [2.45, 2.75) is 25.3 Å². The van der Waals surface area contributed by atoms with Crippen LogP contribution < -0.4 is 36.1 Å². The molecule has 0 radical (unpaired) electrons. The Bertz CT molecular complexity index is 912. The smallest absolute Gasteiger partial charge is 0.203 e. The van der Waals surface area contributed by atoms with Crippen molar-refractivity contribution >= 4 is 0 Å². The Morgan fingerprint density at radius 3 is 1.94 bits per heavy atom. The van der Waals surface area contributed by atoms with Crippen LogP contribution in [-0.2, 0) is 12.8 Å². The Balaban J connectivity index is 0.00000385. The molecule has 0 saturated heterocycles. The average Bonchev–Trinajstić information content (AvgIpc) is 2.83. The first-order valence-electron chi connectivity index (χ1n) is 10.9. The fourth-order valence-corrected chi connectivity index (χ4v) is 4.84. The third kappa shape index (κ3) is 5.42. The second-order valence-corrected chi connectivity index (χ2v) is 8.41. The molecule has 1 N–H and O–H groups in total. The summed E-state index contributed by atoms with van der Waals surface area (Å²) in [6.07, 6.45) is 2.48. The standard InChI is InChI=1S/C25H36NO6.ClH/c1-26(9-7-11-27)10-8-18-15-21(28-2)22(29-3)16-19(18)20(26)12-17-13-23(30-4)25(32-6)24(14-17)31-5;/h13-16,20,27H,7-12H2,1-6H3;1H/q+1;/p-1/t20-,26-;/m1./s1/i1+1;. The Kier molecular flexibility index (Phi) is 9.52. The zero-order valence-electron chi connectivity index (χ0n) is 20.4. The molecule has 0 spiro atoms. The zero-order chi connectivity index (χ0) is 23.3. The van der Waals surface area contributed by atoms with Gasteiger partial charge >= 0.3 is 0 Å². The summed E-state index contributed by atoms with van der Waals surface area (Å²) in [5.41, 5.74) is 3.63. The Labute approximate surface area is 203 Å². The maximum Gasteiger partial charge on any atom is 0.203 e. The minimum atomic E-state index is 0. The SMILES string of the molecule is COc1cc2c(cc1OC)[C@@H](Cc1cc(OC)c(OC)c(OC)c1)[N@+]([13CH3])(CCCO)CC2.[Cl-]. The van der Waals surface area contributed by atoms with Gasteiger partial charge in [0, 0.05) is 31.4 Å². The third-order valence-electron chi connectivity index (χ3n) is 6.63. The molecule has 7 nitrogen and oxygen atoms in total. The van der Waals surface area contributed by atoms with E-state index in [1.54, 1.807) is 35.5 Å². The van der Waals surface area contributed by atoms with Gasteiger partial charge in [0.1, 0.15) is 6.04 Å². The minimum absolute atomic E-state index is 0. The summed E-state index contributed by atoms with van der Waals surface area (Å²) >= 11 is 0. The van der Waals surface area contributed by atoms with E-state index in [1.165, 1.54) is 11.1 Å². The summed E-state index contributed by atoms with van der Waals surface area (Å²) in [6, 6.07) is 8.43. The van der Waals surface area contributed by atoms with Gasteiger partial charge in [-0.2, -0.15) is 0 Å². The van der Waals surface area contributed by atoms with Gasteiger partial charge in [0.2, 0.25) is 5.75 Å². The number of methoxy groups -OCH3 is 5. The van der Waals surface area contributed by atoms with Crippen molar-refractivity contribution in [1.82, 2.24) is 0 Å². The first-order chi connectivity index (χ1) is 15.4. The summed E-state index contributed by atoms with van der Waals surface area (Å²) in [4.78, 5) is 0. The molecule has 8 heteroatoms. The molecule has 0 fully saturated rings. The summed E-state index contributed by atoms with van der Waals surface area (Å²) in [5, 5.41) is 9.53. The van der Waals surface area contributed by atoms with Crippen LogP contribution in [0.25, 0.3) is 0 Å². The molecule has 0 aromatic heterocycles. The van der Waals surface area contributed by atoms with Gasteiger partial charge in [-0.05, 0) is 35.4 Å². The Morgan fingerprint density at radius 2 is 1.42 bits per heavy atom. The first kappa shape index (κ1) is 26.9. The lowest BCUT2D eigenvalue weighted by molar-refractivity contribution is -0.941. The quantitative estimate of drug-likeness (QED) is 0.391. The van der Waals surface area contributed by atoms with Crippen LogP contribution in [0.15, 0.2) is 24.3 Å². The topological polar surface area (TPSA) is 66.4 Å². The number of aliphatic hydroxyl groups excluding tert-OH is 1. The maximum atomic E-state index is 9.53. The van der Waals surface area contributed by atoms with Crippen molar-refractivity contribution in [3.63, 3.8) is 0 Å². The van der Waals surface area contributed by atoms with E-state index in [2.05, 4.69) is 19.2 Å². The number of nitrogens with zero attached hydrogens (tertiary/aromatic N) is 1. The minimum Gasteiger partial charge on any atom is -1.00 e. The highest BCUT2D eigenvalue weighted by atomic mass is 35.5. The molecule has 0 amide bonds. The number of benzene rings is 2. The number of fused-ring (bicyclic) bond motifs is 1. The van der Waals surface area contributed by atoms with E-state index in [-0.39, 0.29) is 25.1 Å². The molecule has 0 unspecified atom stereocenters. The molecular formula is C25H36ClNO6. The fraction of sp³-hybridized carbons (Fsp3) is 0.520. The molecule has 3 rings (SSSR count). The predicted molar refractivity (Wildman–Crippen MR) is 123 cm³/mol. The van der Waals surface area contributed by atoms with Crippen LogP contribution in [0.5, 0.6) is 28.7 Å². The normalized spacial score (nSPS) is 19.2. The van der Waals surface area contributed by atoms with Crippen molar-refractivity contribution in [2.75, 3.05) is 62.3 Å². The number of quaternary nitrogens is 1. The Morgan fingerprint density at radius 1 is 0.848 bits per heavy atom. The lowest BCUT2D eigenvalue weighted by atomic mass is 9.86. The van der Waals surface area contributed by atoms with Gasteiger partial charge in [0.05, 0.1) is 55.7 Å². The monoisotopic (exact) mass is 482 g/mol. The largest absolute Gasteiger partial charge is 1.00 e. The highest BCUT2D eigenvalue weighted by Crippen LogP contribution is 2.44. The number of hydrogen-bond acceptors (Lipinski definition) is 6. The number of hydrogen-bond donors (Lipinski definition) is 1. The molecular weight excluding hydrogens is 447 g/mol. The molecule has 2 aromatic carbocycles. The van der Waals surface area contributed by atoms with Gasteiger partial charge in [-0.1, -0.05) is 0 Å². The lowest BCUT2D eigenvalue weighted by Gasteiger charge is -2.46. The molecule has 1 aliphatic rings. The summed E-state index contributed by atoms with van der Waals surface area (Å²) in [6.45, 7) is 2.06. The second-order valence-electron chi connectivity index (χ2n) is 8.41. The summed E-state index contributed by atoms with van der Waals surface area (Å²) < 4.78 is 28.7. The van der Waals surface area contributed by atoms with Crippen LogP contribution >= 0.6 is 0 Å². The average molecular weight is 483 g/mol. The van der Waals surface area contributed by atoms with Crippen molar-refractivity contribution < 1.29 is 45.7 Å². The molecule has 184 valence electrons. The van der Waals surface area contributed by atoms with E-state index in [0.717, 1.165) is 53.9 Å². The summed E-state index contributed by atoms with van der Waals surface area (Å²) in [7, 11) is 10.5. The molecule has 0 saturated carbocycles. The van der Waals surface area contributed by atoms with Crippen LogP contribution in [-0.4, -0.2) is 71.9 Å². The van der Waals surface area contributed by atoms with Gasteiger partial charge in [0.25, 0.3) is 0 Å². The summed E-state index contributed by atoms with van der Waals surface area (Å²) in [5.74, 6) is 3.37. The number of halogens is 1. The van der Waals surface area contributed by atoms with Crippen LogP contribution in [0.3, 0.4) is 0 Å². The van der Waals surface area contributed by atoms with Crippen molar-refractivity contribution in [2.24, 2.45) is 0 Å².